The van der Waals surface area contributed by atoms with Crippen LogP contribution in [0.4, 0.5) is 0 Å². The Morgan fingerprint density at radius 3 is 1.89 bits per heavy atom. The fourth-order valence-corrected chi connectivity index (χ4v) is 3.66. The quantitative estimate of drug-likeness (QED) is 0.429. The van der Waals surface area contributed by atoms with Crippen molar-refractivity contribution in [3.05, 3.63) is 36.5 Å². The van der Waals surface area contributed by atoms with Gasteiger partial charge in [0.25, 0.3) is 0 Å². The number of benzene rings is 3. The van der Waals surface area contributed by atoms with Crippen LogP contribution in [-0.4, -0.2) is 31.5 Å². The van der Waals surface area contributed by atoms with E-state index >= 15 is 0 Å². The van der Waals surface area contributed by atoms with Crippen LogP contribution in [0.15, 0.2) is 36.5 Å². The van der Waals surface area contributed by atoms with Gasteiger partial charge in [0.05, 0.1) is 37.5 Å². The average molecular weight is 366 g/mol. The number of methoxy groups -OCH3 is 3. The number of phenolic OH excluding ortho intramolecular Hbond substituents is 2. The zero-order valence-electron chi connectivity index (χ0n) is 15.5. The van der Waals surface area contributed by atoms with Crippen LogP contribution in [0.5, 0.6) is 28.7 Å². The van der Waals surface area contributed by atoms with Crippen molar-refractivity contribution < 1.29 is 29.0 Å². The minimum atomic E-state index is -0.0190. The van der Waals surface area contributed by atoms with Crippen LogP contribution in [0.1, 0.15) is 0 Å². The molecule has 0 saturated heterocycles. The summed E-state index contributed by atoms with van der Waals surface area (Å²) in [4.78, 5) is 0. The summed E-state index contributed by atoms with van der Waals surface area (Å²) in [6.45, 7) is 0. The van der Waals surface area contributed by atoms with Gasteiger partial charge in [-0.25, -0.2) is 0 Å². The second kappa shape index (κ2) is 6.09. The summed E-state index contributed by atoms with van der Waals surface area (Å²) < 4.78 is 18.1. The number of aromatic nitrogens is 1. The van der Waals surface area contributed by atoms with E-state index in [-0.39, 0.29) is 11.5 Å². The molecular formula is C21H20NO5+. The highest BCUT2D eigenvalue weighted by molar-refractivity contribution is 6.16. The van der Waals surface area contributed by atoms with E-state index in [2.05, 4.69) is 0 Å². The molecule has 0 unspecified atom stereocenters. The lowest BCUT2D eigenvalue weighted by molar-refractivity contribution is -0.642. The van der Waals surface area contributed by atoms with Gasteiger partial charge >= 0.3 is 0 Å². The van der Waals surface area contributed by atoms with Crippen LogP contribution in [-0.2, 0) is 7.05 Å². The molecule has 0 aliphatic carbocycles. The molecule has 0 bridgehead atoms. The van der Waals surface area contributed by atoms with Crippen LogP contribution in [0.2, 0.25) is 0 Å². The fraction of sp³-hybridized carbons (Fsp3) is 0.190. The van der Waals surface area contributed by atoms with E-state index in [4.69, 9.17) is 14.2 Å². The number of nitrogens with zero attached hydrogens (tertiary/aromatic N) is 1. The maximum atomic E-state index is 10.6. The van der Waals surface area contributed by atoms with Crippen molar-refractivity contribution in [2.24, 2.45) is 7.05 Å². The van der Waals surface area contributed by atoms with Gasteiger partial charge < -0.3 is 24.4 Å². The first-order valence-electron chi connectivity index (χ1n) is 8.39. The van der Waals surface area contributed by atoms with Gasteiger partial charge in [-0.05, 0) is 30.3 Å². The summed E-state index contributed by atoms with van der Waals surface area (Å²) in [5.41, 5.74) is 0.904. The van der Waals surface area contributed by atoms with Crippen LogP contribution in [0, 0.1) is 0 Å². The maximum absolute atomic E-state index is 10.6. The third-order valence-electron chi connectivity index (χ3n) is 4.92. The van der Waals surface area contributed by atoms with E-state index in [1.807, 2.05) is 29.9 Å². The van der Waals surface area contributed by atoms with E-state index in [1.165, 1.54) is 13.2 Å². The van der Waals surface area contributed by atoms with Gasteiger partial charge in [0.2, 0.25) is 5.52 Å². The Labute approximate surface area is 155 Å². The number of hydrogen-bond acceptors (Lipinski definition) is 5. The van der Waals surface area contributed by atoms with Crippen molar-refractivity contribution in [1.29, 1.82) is 0 Å². The van der Waals surface area contributed by atoms with E-state index in [0.717, 1.165) is 27.1 Å². The van der Waals surface area contributed by atoms with E-state index in [1.54, 1.807) is 26.4 Å². The largest absolute Gasteiger partial charge is 0.507 e. The summed E-state index contributed by atoms with van der Waals surface area (Å²) in [5.74, 6) is 1.66. The molecule has 0 amide bonds. The highest BCUT2D eigenvalue weighted by Crippen LogP contribution is 2.41. The molecule has 27 heavy (non-hydrogen) atoms. The molecule has 3 aromatic carbocycles. The van der Waals surface area contributed by atoms with E-state index in [9.17, 15) is 10.2 Å². The van der Waals surface area contributed by atoms with Gasteiger partial charge in [0, 0.05) is 10.8 Å². The Hall–Kier alpha value is -3.41. The van der Waals surface area contributed by atoms with Gasteiger partial charge in [-0.15, -0.1) is 0 Å². The van der Waals surface area contributed by atoms with Crippen molar-refractivity contribution in [2.45, 2.75) is 0 Å². The molecule has 0 fully saturated rings. The molecule has 6 nitrogen and oxygen atoms in total. The molecule has 0 saturated carbocycles. The number of phenols is 2. The third kappa shape index (κ3) is 2.44. The second-order valence-electron chi connectivity index (χ2n) is 6.40. The Balaban J connectivity index is 2.23. The van der Waals surface area contributed by atoms with E-state index < -0.39 is 0 Å². The average Bonchev–Trinajstić information content (AvgIpc) is 2.66. The first-order valence-corrected chi connectivity index (χ1v) is 8.39. The van der Waals surface area contributed by atoms with Crippen molar-refractivity contribution in [3.63, 3.8) is 0 Å². The Morgan fingerprint density at radius 1 is 0.667 bits per heavy atom. The van der Waals surface area contributed by atoms with Crippen molar-refractivity contribution in [2.75, 3.05) is 21.3 Å². The summed E-state index contributed by atoms with van der Waals surface area (Å²) in [7, 11) is 6.63. The topological polar surface area (TPSA) is 72.0 Å². The number of ether oxygens (including phenoxy) is 3. The molecule has 0 spiro atoms. The zero-order chi connectivity index (χ0) is 19.3. The molecular weight excluding hydrogens is 346 g/mol. The minimum absolute atomic E-state index is 0.0190. The molecule has 0 atom stereocenters. The Morgan fingerprint density at radius 2 is 1.22 bits per heavy atom. The molecule has 2 N–H and O–H groups in total. The molecule has 1 aromatic heterocycles. The zero-order valence-corrected chi connectivity index (χ0v) is 15.5. The predicted octanol–water partition coefficient (Wildman–Crippen LogP) is 3.41. The van der Waals surface area contributed by atoms with Crippen molar-refractivity contribution in [1.82, 2.24) is 0 Å². The lowest BCUT2D eigenvalue weighted by Crippen LogP contribution is -2.28. The van der Waals surface area contributed by atoms with Crippen LogP contribution in [0.25, 0.3) is 32.4 Å². The van der Waals surface area contributed by atoms with Crippen molar-refractivity contribution in [3.8, 4) is 28.7 Å². The van der Waals surface area contributed by atoms with Crippen LogP contribution < -0.4 is 18.8 Å². The maximum Gasteiger partial charge on any atom is 0.221 e. The number of fused-ring (bicyclic) bond motifs is 5. The van der Waals surface area contributed by atoms with Gasteiger partial charge in [0.15, 0.2) is 29.2 Å². The smallest absolute Gasteiger partial charge is 0.221 e. The Bertz CT molecular complexity index is 1220. The van der Waals surface area contributed by atoms with Gasteiger partial charge in [-0.2, -0.15) is 4.57 Å². The Kier molecular flexibility index (Phi) is 3.84. The van der Waals surface area contributed by atoms with Crippen LogP contribution in [0.3, 0.4) is 0 Å². The normalized spacial score (nSPS) is 11.3. The molecule has 138 valence electrons. The number of hydrogen-bond donors (Lipinski definition) is 2. The van der Waals surface area contributed by atoms with Crippen molar-refractivity contribution >= 4 is 32.4 Å². The van der Waals surface area contributed by atoms with E-state index in [0.29, 0.717) is 22.6 Å². The molecule has 0 aliphatic heterocycles. The lowest BCUT2D eigenvalue weighted by atomic mass is 9.99. The molecule has 0 aliphatic rings. The van der Waals surface area contributed by atoms with Gasteiger partial charge in [-0.3, -0.25) is 0 Å². The summed E-state index contributed by atoms with van der Waals surface area (Å²) >= 11 is 0. The number of aryl methyl sites for hydroxylation is 1. The summed E-state index contributed by atoms with van der Waals surface area (Å²) in [6, 6.07) is 8.77. The van der Waals surface area contributed by atoms with Crippen LogP contribution >= 0.6 is 0 Å². The predicted molar refractivity (Wildman–Crippen MR) is 103 cm³/mol. The number of aromatic hydroxyl groups is 2. The second-order valence-corrected chi connectivity index (χ2v) is 6.40. The molecule has 6 heteroatoms. The molecule has 4 rings (SSSR count). The van der Waals surface area contributed by atoms with Gasteiger partial charge in [0.1, 0.15) is 12.8 Å². The molecule has 0 radical (unpaired) electrons. The third-order valence-corrected chi connectivity index (χ3v) is 4.92. The standard InChI is InChI=1S/C21H19NO5/c1-22-10-11-5-19(26-3)20(27-4)8-12(11)14-7-16(23)13-6-17(24)18(25-2)9-15(13)21(14)22/h5-10,23H,1-4H3/p+1. The molecule has 1 heterocycles. The summed E-state index contributed by atoms with van der Waals surface area (Å²) in [5, 5.41) is 24.8. The minimum Gasteiger partial charge on any atom is -0.507 e. The highest BCUT2D eigenvalue weighted by atomic mass is 16.5. The number of rotatable bonds is 3. The fourth-order valence-electron chi connectivity index (χ4n) is 3.66. The SMILES string of the molecule is COc1cc2c(cc1O)c(O)cc1c3cc(OC)c(OC)cc3c[n+](C)c21. The lowest BCUT2D eigenvalue weighted by Gasteiger charge is -2.12. The number of pyridine rings is 1. The molecule has 4 aromatic rings. The first-order chi connectivity index (χ1) is 13.0. The van der Waals surface area contributed by atoms with Gasteiger partial charge in [-0.1, -0.05) is 0 Å². The monoisotopic (exact) mass is 366 g/mol. The first kappa shape index (κ1) is 17.0. The summed E-state index contributed by atoms with van der Waals surface area (Å²) in [6.07, 6.45) is 2.00. The highest BCUT2D eigenvalue weighted by Gasteiger charge is 2.20.